The van der Waals surface area contributed by atoms with Crippen LogP contribution < -0.4 is 0 Å². The van der Waals surface area contributed by atoms with Crippen LogP contribution in [0, 0.1) is 6.92 Å². The number of hydrogen-bond donors (Lipinski definition) is 1. The van der Waals surface area contributed by atoms with Gasteiger partial charge in [-0.05, 0) is 50.1 Å². The molecule has 1 N–H and O–H groups in total. The van der Waals surface area contributed by atoms with E-state index < -0.39 is 0 Å². The zero-order valence-corrected chi connectivity index (χ0v) is 14.2. The number of rotatable bonds is 1. The van der Waals surface area contributed by atoms with Crippen LogP contribution in [0.4, 0.5) is 0 Å². The Morgan fingerprint density at radius 2 is 2.17 bits per heavy atom. The molecule has 1 fully saturated rings. The number of aromatic nitrogens is 3. The van der Waals surface area contributed by atoms with Crippen molar-refractivity contribution in [1.29, 1.82) is 0 Å². The van der Waals surface area contributed by atoms with E-state index >= 15 is 0 Å². The van der Waals surface area contributed by atoms with Gasteiger partial charge in [0.1, 0.15) is 5.82 Å². The van der Waals surface area contributed by atoms with E-state index in [1.54, 1.807) is 0 Å². The van der Waals surface area contributed by atoms with Crippen LogP contribution in [-0.4, -0.2) is 39.5 Å². The molecule has 0 spiro atoms. The summed E-state index contributed by atoms with van der Waals surface area (Å²) < 4.78 is 0. The van der Waals surface area contributed by atoms with E-state index in [2.05, 4.69) is 52.4 Å². The lowest BCUT2D eigenvalue weighted by atomic mass is 9.72. The number of likely N-dealkylation sites (N-methyl/N-ethyl adjacent to an activating group) is 1. The summed E-state index contributed by atoms with van der Waals surface area (Å²) in [5.74, 6) is 1.93. The highest BCUT2D eigenvalue weighted by molar-refractivity contribution is 5.88. The van der Waals surface area contributed by atoms with E-state index in [9.17, 15) is 0 Å². The third-order valence-electron chi connectivity index (χ3n) is 5.94. The smallest absolute Gasteiger partial charge is 0.125 e. The third-order valence-corrected chi connectivity index (χ3v) is 5.94. The van der Waals surface area contributed by atoms with Gasteiger partial charge < -0.3 is 9.88 Å². The lowest BCUT2D eigenvalue weighted by Crippen LogP contribution is -2.47. The second-order valence-electron chi connectivity index (χ2n) is 7.36. The number of aromatic amines is 1. The number of piperidine rings is 1. The molecule has 1 aliphatic carbocycles. The highest BCUT2D eigenvalue weighted by Crippen LogP contribution is 2.46. The first kappa shape index (κ1) is 14.2. The number of hydrogen-bond acceptors (Lipinski definition) is 3. The van der Waals surface area contributed by atoms with Crippen molar-refractivity contribution < 1.29 is 0 Å². The molecular formula is C20H22N4. The summed E-state index contributed by atoms with van der Waals surface area (Å²) in [6, 6.07) is 9.41. The molecule has 1 saturated heterocycles. The van der Waals surface area contributed by atoms with Crippen LogP contribution in [0.25, 0.3) is 10.9 Å². The van der Waals surface area contributed by atoms with E-state index in [1.165, 1.54) is 34.1 Å². The highest BCUT2D eigenvalue weighted by atomic mass is 15.1. The highest BCUT2D eigenvalue weighted by Gasteiger charge is 2.40. The molecule has 3 atom stereocenters. The summed E-state index contributed by atoms with van der Waals surface area (Å²) in [4.78, 5) is 15.0. The molecule has 1 aromatic carbocycles. The Morgan fingerprint density at radius 3 is 3.04 bits per heavy atom. The first-order valence-corrected chi connectivity index (χ1v) is 8.79. The van der Waals surface area contributed by atoms with Crippen LogP contribution in [0.15, 0.2) is 36.7 Å². The Kier molecular flexibility index (Phi) is 3.04. The van der Waals surface area contributed by atoms with E-state index in [1.807, 2.05) is 13.1 Å². The maximum absolute atomic E-state index is 4.71. The number of H-pyrrole nitrogens is 1. The monoisotopic (exact) mass is 318 g/mol. The molecule has 3 heterocycles. The largest absolute Gasteiger partial charge is 0.361 e. The van der Waals surface area contributed by atoms with Crippen LogP contribution in [0.1, 0.15) is 40.9 Å². The number of aryl methyl sites for hydroxylation is 1. The lowest BCUT2D eigenvalue weighted by Gasteiger charge is -2.45. The summed E-state index contributed by atoms with van der Waals surface area (Å²) in [5, 5.41) is 1.46. The van der Waals surface area contributed by atoms with E-state index in [0.717, 1.165) is 18.8 Å². The van der Waals surface area contributed by atoms with Gasteiger partial charge in [-0.3, -0.25) is 0 Å². The van der Waals surface area contributed by atoms with Crippen molar-refractivity contribution in [3.8, 4) is 0 Å². The van der Waals surface area contributed by atoms with Crippen molar-refractivity contribution in [3.63, 3.8) is 0 Å². The van der Waals surface area contributed by atoms with Gasteiger partial charge in [-0.1, -0.05) is 12.1 Å². The topological polar surface area (TPSA) is 44.8 Å². The first-order chi connectivity index (χ1) is 11.7. The molecule has 5 rings (SSSR count). The SMILES string of the molecule is Cc1nccc([C@@H]2CC3c4cccc5[nH]cc(c45)C[C@H]3N(C)C2)n1. The van der Waals surface area contributed by atoms with E-state index in [-0.39, 0.29) is 0 Å². The summed E-state index contributed by atoms with van der Waals surface area (Å²) in [6.45, 7) is 3.06. The van der Waals surface area contributed by atoms with Gasteiger partial charge in [0.15, 0.2) is 0 Å². The second kappa shape index (κ2) is 5.15. The molecule has 1 aliphatic heterocycles. The zero-order chi connectivity index (χ0) is 16.3. The van der Waals surface area contributed by atoms with Gasteiger partial charge in [-0.15, -0.1) is 0 Å². The fourth-order valence-corrected chi connectivity index (χ4v) is 4.86. The van der Waals surface area contributed by atoms with Gasteiger partial charge in [0.25, 0.3) is 0 Å². The van der Waals surface area contributed by atoms with E-state index in [0.29, 0.717) is 17.9 Å². The standard InChI is InChI=1S/C20H22N4/c1-12-21-7-6-17(23-12)14-8-16-15-4-3-5-18-20(15)13(10-22-18)9-19(16)24(2)11-14/h3-7,10,14,16,19,22H,8-9,11H2,1-2H3/t14-,16?,19-/m1/s1. The van der Waals surface area contributed by atoms with Gasteiger partial charge in [0, 0.05) is 53.4 Å². The molecule has 4 nitrogen and oxygen atoms in total. The second-order valence-corrected chi connectivity index (χ2v) is 7.36. The summed E-state index contributed by atoms with van der Waals surface area (Å²) >= 11 is 0. The minimum Gasteiger partial charge on any atom is -0.361 e. The van der Waals surface area contributed by atoms with Crippen molar-refractivity contribution in [3.05, 3.63) is 59.3 Å². The van der Waals surface area contributed by atoms with Crippen LogP contribution in [-0.2, 0) is 6.42 Å². The molecule has 0 bridgehead atoms. The van der Waals surface area contributed by atoms with Crippen molar-refractivity contribution >= 4 is 10.9 Å². The Balaban J connectivity index is 1.58. The molecule has 2 aromatic heterocycles. The fourth-order valence-electron chi connectivity index (χ4n) is 4.86. The number of nitrogens with zero attached hydrogens (tertiary/aromatic N) is 3. The number of fused-ring (bicyclic) bond motifs is 2. The molecule has 1 unspecified atom stereocenters. The predicted octanol–water partition coefficient (Wildman–Crippen LogP) is 3.39. The molecule has 0 amide bonds. The Hall–Kier alpha value is -2.20. The lowest BCUT2D eigenvalue weighted by molar-refractivity contribution is 0.138. The van der Waals surface area contributed by atoms with Gasteiger partial charge in [-0.2, -0.15) is 0 Å². The van der Waals surface area contributed by atoms with Crippen molar-refractivity contribution in [2.45, 2.75) is 37.6 Å². The normalized spacial score (nSPS) is 26.5. The van der Waals surface area contributed by atoms with Gasteiger partial charge >= 0.3 is 0 Å². The predicted molar refractivity (Wildman–Crippen MR) is 95.3 cm³/mol. The summed E-state index contributed by atoms with van der Waals surface area (Å²) in [6.07, 6.45) is 6.43. The Labute approximate surface area is 141 Å². The van der Waals surface area contributed by atoms with Gasteiger partial charge in [0.2, 0.25) is 0 Å². The van der Waals surface area contributed by atoms with Crippen LogP contribution in [0.2, 0.25) is 0 Å². The Morgan fingerprint density at radius 1 is 1.25 bits per heavy atom. The molecule has 2 aliphatic rings. The third kappa shape index (κ3) is 2.02. The summed E-state index contributed by atoms with van der Waals surface area (Å²) in [7, 11) is 2.27. The first-order valence-electron chi connectivity index (χ1n) is 8.79. The van der Waals surface area contributed by atoms with Gasteiger partial charge in [0.05, 0.1) is 0 Å². The quantitative estimate of drug-likeness (QED) is 0.748. The minimum atomic E-state index is 0.480. The molecule has 122 valence electrons. The number of benzene rings is 1. The number of nitrogens with one attached hydrogen (secondary N) is 1. The van der Waals surface area contributed by atoms with Crippen LogP contribution >= 0.6 is 0 Å². The molecular weight excluding hydrogens is 296 g/mol. The van der Waals surface area contributed by atoms with Crippen molar-refractivity contribution in [2.24, 2.45) is 0 Å². The molecule has 3 aromatic rings. The average molecular weight is 318 g/mol. The van der Waals surface area contributed by atoms with E-state index in [4.69, 9.17) is 4.98 Å². The molecule has 4 heteroatoms. The maximum Gasteiger partial charge on any atom is 0.125 e. The van der Waals surface area contributed by atoms with Gasteiger partial charge in [-0.25, -0.2) is 9.97 Å². The fraction of sp³-hybridized carbons (Fsp3) is 0.400. The van der Waals surface area contributed by atoms with Crippen molar-refractivity contribution in [1.82, 2.24) is 19.9 Å². The molecule has 0 saturated carbocycles. The summed E-state index contributed by atoms with van der Waals surface area (Å²) in [5.41, 5.74) is 5.47. The van der Waals surface area contributed by atoms with Crippen molar-refractivity contribution in [2.75, 3.05) is 13.6 Å². The average Bonchev–Trinajstić information content (AvgIpc) is 3.00. The Bertz CT molecular complexity index is 913. The number of likely N-dealkylation sites (tertiary alicyclic amines) is 1. The zero-order valence-electron chi connectivity index (χ0n) is 14.2. The molecule has 0 radical (unpaired) electrons. The van der Waals surface area contributed by atoms with Crippen LogP contribution in [0.5, 0.6) is 0 Å². The maximum atomic E-state index is 4.71. The minimum absolute atomic E-state index is 0.480. The molecule has 24 heavy (non-hydrogen) atoms. The van der Waals surface area contributed by atoms with Crippen LogP contribution in [0.3, 0.4) is 0 Å².